The topological polar surface area (TPSA) is 48.4 Å². The van der Waals surface area contributed by atoms with E-state index in [4.69, 9.17) is 9.47 Å². The number of methoxy groups -OCH3 is 1. The van der Waals surface area contributed by atoms with Crippen molar-refractivity contribution >= 4 is 21.9 Å². The monoisotopic (exact) mass is 299 g/mol. The van der Waals surface area contributed by atoms with Gasteiger partial charge in [-0.15, -0.1) is 0 Å². The Morgan fingerprint density at radius 2 is 2.24 bits per heavy atom. The predicted molar refractivity (Wildman–Crippen MR) is 65.8 cm³/mol. The molecule has 2 atom stereocenters. The molecular weight excluding hydrogens is 286 g/mol. The highest BCUT2D eigenvalue weighted by Crippen LogP contribution is 2.26. The van der Waals surface area contributed by atoms with Crippen molar-refractivity contribution in [3.8, 4) is 0 Å². The fourth-order valence-electron chi connectivity index (χ4n) is 2.04. The van der Waals surface area contributed by atoms with Crippen molar-refractivity contribution in [1.29, 1.82) is 0 Å². The maximum absolute atomic E-state index is 11.9. The van der Waals surface area contributed by atoms with E-state index < -0.39 is 0 Å². The first-order valence-electron chi connectivity index (χ1n) is 5.55. The van der Waals surface area contributed by atoms with Gasteiger partial charge in [0.25, 0.3) is 0 Å². The SMILES string of the molecule is CO[C@H]1CCC[C@H]1OC(=O)c1ccncc1Br. The Balaban J connectivity index is 2.04. The molecule has 0 radical (unpaired) electrons. The zero-order valence-corrected chi connectivity index (χ0v) is 11.1. The highest BCUT2D eigenvalue weighted by Gasteiger charge is 2.31. The van der Waals surface area contributed by atoms with Gasteiger partial charge in [-0.3, -0.25) is 4.98 Å². The Morgan fingerprint density at radius 1 is 1.47 bits per heavy atom. The predicted octanol–water partition coefficient (Wildman–Crippen LogP) is 2.57. The molecule has 0 aromatic carbocycles. The number of nitrogens with zero attached hydrogens (tertiary/aromatic N) is 1. The molecule has 1 aromatic rings. The molecule has 0 spiro atoms. The third-order valence-electron chi connectivity index (χ3n) is 2.95. The van der Waals surface area contributed by atoms with Crippen LogP contribution in [0.4, 0.5) is 0 Å². The average Bonchev–Trinajstić information content (AvgIpc) is 2.76. The summed E-state index contributed by atoms with van der Waals surface area (Å²) in [7, 11) is 1.65. The van der Waals surface area contributed by atoms with Crippen LogP contribution in [-0.4, -0.2) is 30.3 Å². The molecule has 4 nitrogen and oxygen atoms in total. The number of hydrogen-bond donors (Lipinski definition) is 0. The largest absolute Gasteiger partial charge is 0.456 e. The van der Waals surface area contributed by atoms with Crippen LogP contribution in [0.1, 0.15) is 29.6 Å². The maximum Gasteiger partial charge on any atom is 0.339 e. The van der Waals surface area contributed by atoms with E-state index >= 15 is 0 Å². The number of ether oxygens (including phenoxy) is 2. The second-order valence-electron chi connectivity index (χ2n) is 4.00. The lowest BCUT2D eigenvalue weighted by atomic mass is 10.2. The van der Waals surface area contributed by atoms with E-state index in [0.29, 0.717) is 10.0 Å². The minimum absolute atomic E-state index is 0.0274. The first-order chi connectivity index (χ1) is 8.22. The molecule has 1 saturated carbocycles. The quantitative estimate of drug-likeness (QED) is 0.805. The maximum atomic E-state index is 11.9. The van der Waals surface area contributed by atoms with Crippen LogP contribution < -0.4 is 0 Å². The third-order valence-corrected chi connectivity index (χ3v) is 3.58. The summed E-state index contributed by atoms with van der Waals surface area (Å²) in [6.07, 6.45) is 5.91. The van der Waals surface area contributed by atoms with Crippen LogP contribution >= 0.6 is 15.9 Å². The summed E-state index contributed by atoms with van der Waals surface area (Å²) in [5.74, 6) is -0.326. The Bertz CT molecular complexity index is 410. The van der Waals surface area contributed by atoms with E-state index in [1.165, 1.54) is 0 Å². The minimum atomic E-state index is -0.326. The highest BCUT2D eigenvalue weighted by atomic mass is 79.9. The first kappa shape index (κ1) is 12.5. The van der Waals surface area contributed by atoms with Crippen molar-refractivity contribution < 1.29 is 14.3 Å². The van der Waals surface area contributed by atoms with Crippen molar-refractivity contribution in [1.82, 2.24) is 4.98 Å². The second kappa shape index (κ2) is 5.60. The van der Waals surface area contributed by atoms with Gasteiger partial charge in [0, 0.05) is 19.5 Å². The summed E-state index contributed by atoms with van der Waals surface area (Å²) < 4.78 is 11.4. The summed E-state index contributed by atoms with van der Waals surface area (Å²) in [4.78, 5) is 15.9. The van der Waals surface area contributed by atoms with Gasteiger partial charge in [0.2, 0.25) is 0 Å². The molecular formula is C12H14BrNO3. The number of esters is 1. The molecule has 1 aromatic heterocycles. The van der Waals surface area contributed by atoms with E-state index in [2.05, 4.69) is 20.9 Å². The van der Waals surface area contributed by atoms with Crippen LogP contribution in [0, 0.1) is 0 Å². The summed E-state index contributed by atoms with van der Waals surface area (Å²) in [6.45, 7) is 0. The molecule has 1 fully saturated rings. The molecule has 0 saturated heterocycles. The Labute approximate surface area is 108 Å². The molecule has 1 aliphatic carbocycles. The van der Waals surface area contributed by atoms with Crippen LogP contribution in [-0.2, 0) is 9.47 Å². The average molecular weight is 300 g/mol. The van der Waals surface area contributed by atoms with E-state index in [9.17, 15) is 4.79 Å². The molecule has 1 heterocycles. The van der Waals surface area contributed by atoms with Crippen LogP contribution in [0.15, 0.2) is 22.9 Å². The van der Waals surface area contributed by atoms with Gasteiger partial charge >= 0.3 is 5.97 Å². The van der Waals surface area contributed by atoms with Gasteiger partial charge in [0.1, 0.15) is 6.10 Å². The summed E-state index contributed by atoms with van der Waals surface area (Å²) in [5, 5.41) is 0. The molecule has 0 N–H and O–H groups in total. The normalized spacial score (nSPS) is 23.6. The van der Waals surface area contributed by atoms with Gasteiger partial charge in [-0.25, -0.2) is 4.79 Å². The molecule has 17 heavy (non-hydrogen) atoms. The molecule has 0 unspecified atom stereocenters. The highest BCUT2D eigenvalue weighted by molar-refractivity contribution is 9.10. The Kier molecular flexibility index (Phi) is 4.12. The van der Waals surface area contributed by atoms with Crippen LogP contribution in [0.25, 0.3) is 0 Å². The zero-order chi connectivity index (χ0) is 12.3. The molecule has 1 aliphatic rings. The zero-order valence-electron chi connectivity index (χ0n) is 9.56. The fraction of sp³-hybridized carbons (Fsp3) is 0.500. The van der Waals surface area contributed by atoms with Gasteiger partial charge in [-0.1, -0.05) is 0 Å². The summed E-state index contributed by atoms with van der Waals surface area (Å²) in [5.41, 5.74) is 0.502. The van der Waals surface area contributed by atoms with Crippen molar-refractivity contribution in [3.63, 3.8) is 0 Å². The number of pyridine rings is 1. The number of hydrogen-bond acceptors (Lipinski definition) is 4. The lowest BCUT2D eigenvalue weighted by Gasteiger charge is -2.18. The van der Waals surface area contributed by atoms with Gasteiger partial charge in [0.15, 0.2) is 0 Å². The van der Waals surface area contributed by atoms with Crippen molar-refractivity contribution in [2.75, 3.05) is 7.11 Å². The van der Waals surface area contributed by atoms with Crippen molar-refractivity contribution in [2.45, 2.75) is 31.5 Å². The van der Waals surface area contributed by atoms with Crippen molar-refractivity contribution in [3.05, 3.63) is 28.5 Å². The van der Waals surface area contributed by atoms with E-state index in [1.54, 1.807) is 25.6 Å². The van der Waals surface area contributed by atoms with Crippen LogP contribution in [0.2, 0.25) is 0 Å². The Hall–Kier alpha value is -0.940. The standard InChI is InChI=1S/C12H14BrNO3/c1-16-10-3-2-4-11(10)17-12(15)8-5-6-14-7-9(8)13/h5-7,10-11H,2-4H2,1H3/t10-,11+/m0/s1. The van der Waals surface area contributed by atoms with Gasteiger partial charge in [-0.2, -0.15) is 0 Å². The van der Waals surface area contributed by atoms with E-state index in [0.717, 1.165) is 19.3 Å². The second-order valence-corrected chi connectivity index (χ2v) is 4.86. The molecule has 2 rings (SSSR count). The number of carbonyl (C=O) groups excluding carboxylic acids is 1. The van der Waals surface area contributed by atoms with Crippen molar-refractivity contribution in [2.24, 2.45) is 0 Å². The molecule has 5 heteroatoms. The molecule has 0 amide bonds. The van der Waals surface area contributed by atoms with E-state index in [-0.39, 0.29) is 18.2 Å². The lowest BCUT2D eigenvalue weighted by molar-refractivity contribution is -0.0207. The summed E-state index contributed by atoms with van der Waals surface area (Å²) in [6, 6.07) is 1.64. The molecule has 92 valence electrons. The van der Waals surface area contributed by atoms with Gasteiger partial charge in [-0.05, 0) is 41.3 Å². The van der Waals surface area contributed by atoms with Crippen LogP contribution in [0.5, 0.6) is 0 Å². The molecule has 0 bridgehead atoms. The van der Waals surface area contributed by atoms with Gasteiger partial charge < -0.3 is 9.47 Å². The number of carbonyl (C=O) groups is 1. The number of aromatic nitrogens is 1. The smallest absolute Gasteiger partial charge is 0.339 e. The van der Waals surface area contributed by atoms with Crippen LogP contribution in [0.3, 0.4) is 0 Å². The minimum Gasteiger partial charge on any atom is -0.456 e. The first-order valence-corrected chi connectivity index (χ1v) is 6.35. The molecule has 0 aliphatic heterocycles. The van der Waals surface area contributed by atoms with E-state index in [1.807, 2.05) is 0 Å². The lowest BCUT2D eigenvalue weighted by Crippen LogP contribution is -2.27. The third kappa shape index (κ3) is 2.84. The number of halogens is 1. The van der Waals surface area contributed by atoms with Gasteiger partial charge in [0.05, 0.1) is 16.1 Å². The number of rotatable bonds is 3. The summed E-state index contributed by atoms with van der Waals surface area (Å²) >= 11 is 3.28. The fourth-order valence-corrected chi connectivity index (χ4v) is 2.45. The Morgan fingerprint density at radius 3 is 2.94 bits per heavy atom.